The lowest BCUT2D eigenvalue weighted by molar-refractivity contribution is 0.193. The fourth-order valence-electron chi connectivity index (χ4n) is 5.31. The van der Waals surface area contributed by atoms with Crippen LogP contribution >= 0.6 is 0 Å². The van der Waals surface area contributed by atoms with E-state index < -0.39 is 0 Å². The fourth-order valence-corrected chi connectivity index (χ4v) is 5.31. The van der Waals surface area contributed by atoms with Gasteiger partial charge in [0, 0.05) is 46.4 Å². The van der Waals surface area contributed by atoms with E-state index in [-0.39, 0.29) is 16.2 Å². The lowest BCUT2D eigenvalue weighted by Crippen LogP contribution is -2.25. The molecule has 3 heterocycles. The molecule has 1 aliphatic carbocycles. The van der Waals surface area contributed by atoms with Crippen LogP contribution in [-0.2, 0) is 5.41 Å². The van der Waals surface area contributed by atoms with Gasteiger partial charge in [0.15, 0.2) is 0 Å². The highest BCUT2D eigenvalue weighted by molar-refractivity contribution is 6.11. The third-order valence-electron chi connectivity index (χ3n) is 7.32. The first-order valence-electron chi connectivity index (χ1n) is 8.73. The van der Waals surface area contributed by atoms with Gasteiger partial charge in [-0.05, 0) is 23.3 Å². The quantitative estimate of drug-likeness (QED) is 0.805. The fraction of sp³-hybridized carbons (Fsp3) is 0.429. The summed E-state index contributed by atoms with van der Waals surface area (Å²) in [6.07, 6.45) is 9.42. The van der Waals surface area contributed by atoms with Gasteiger partial charge >= 0.3 is 0 Å². The number of rotatable bonds is 2. The molecule has 3 nitrogen and oxygen atoms in total. The molecule has 24 heavy (non-hydrogen) atoms. The van der Waals surface area contributed by atoms with E-state index in [9.17, 15) is 0 Å². The first-order chi connectivity index (χ1) is 11.5. The van der Waals surface area contributed by atoms with Crippen molar-refractivity contribution in [2.45, 2.75) is 32.6 Å². The molecular weight excluding hydrogens is 296 g/mol. The standard InChI is InChI=1S/C21H22N2O/c1-19-13-24-17-7-6-14(15-8-10-22-12-15)11-16(17)20(19,2)21(19,3)18-5-4-9-23-18/h5-9,11-12H,4,10,13H2,1-3H3/t19-,20+,21+/m0/s1. The summed E-state index contributed by atoms with van der Waals surface area (Å²) in [6.45, 7) is 8.65. The van der Waals surface area contributed by atoms with Crippen LogP contribution < -0.4 is 4.74 Å². The minimum Gasteiger partial charge on any atom is -0.493 e. The van der Waals surface area contributed by atoms with Crippen LogP contribution in [0.3, 0.4) is 0 Å². The highest BCUT2D eigenvalue weighted by Gasteiger charge is 2.83. The smallest absolute Gasteiger partial charge is 0.123 e. The average molecular weight is 318 g/mol. The van der Waals surface area contributed by atoms with E-state index in [2.05, 4.69) is 56.1 Å². The summed E-state index contributed by atoms with van der Waals surface area (Å²) in [5.74, 6) is 1.03. The molecule has 0 spiro atoms. The summed E-state index contributed by atoms with van der Waals surface area (Å²) in [5, 5.41) is 0. The van der Waals surface area contributed by atoms with E-state index in [0.29, 0.717) is 0 Å². The molecule has 3 aliphatic heterocycles. The third-order valence-corrected chi connectivity index (χ3v) is 7.32. The van der Waals surface area contributed by atoms with Crippen LogP contribution in [0.5, 0.6) is 5.75 Å². The van der Waals surface area contributed by atoms with E-state index in [1.807, 2.05) is 12.4 Å². The first kappa shape index (κ1) is 14.2. The molecule has 0 bridgehead atoms. The lowest BCUT2D eigenvalue weighted by Gasteiger charge is -2.28. The SMILES string of the molecule is C[C@]12COc3ccc(C4=CCN=C4)cc3[C@@]1(C)[C@]2(C)C1=CCC=N1. The minimum atomic E-state index is 0.0228. The van der Waals surface area contributed by atoms with E-state index >= 15 is 0 Å². The van der Waals surface area contributed by atoms with E-state index in [0.717, 1.165) is 25.3 Å². The Morgan fingerprint density at radius 1 is 1.08 bits per heavy atom. The highest BCUT2D eigenvalue weighted by atomic mass is 16.5. The molecule has 4 aliphatic rings. The van der Waals surface area contributed by atoms with Crippen molar-refractivity contribution in [1.29, 1.82) is 0 Å². The number of ether oxygens (including phenoxy) is 1. The maximum Gasteiger partial charge on any atom is 0.123 e. The maximum absolute atomic E-state index is 6.19. The van der Waals surface area contributed by atoms with Gasteiger partial charge in [0.2, 0.25) is 0 Å². The van der Waals surface area contributed by atoms with Gasteiger partial charge in [-0.15, -0.1) is 0 Å². The van der Waals surface area contributed by atoms with Crippen LogP contribution in [0.15, 0.2) is 46.0 Å². The second kappa shape index (κ2) is 4.27. The molecule has 0 radical (unpaired) electrons. The summed E-state index contributed by atoms with van der Waals surface area (Å²) in [6, 6.07) is 6.61. The van der Waals surface area contributed by atoms with Crippen LogP contribution in [0.2, 0.25) is 0 Å². The normalized spacial score (nSPS) is 38.3. The second-order valence-corrected chi connectivity index (χ2v) is 7.87. The molecule has 1 saturated carbocycles. The second-order valence-electron chi connectivity index (χ2n) is 7.87. The van der Waals surface area contributed by atoms with Crippen LogP contribution in [0.4, 0.5) is 0 Å². The number of nitrogens with zero attached hydrogens (tertiary/aromatic N) is 2. The molecule has 1 fully saturated rings. The molecule has 3 atom stereocenters. The Labute approximate surface area is 142 Å². The molecule has 3 heteroatoms. The topological polar surface area (TPSA) is 34.0 Å². The Hall–Kier alpha value is -2.16. The van der Waals surface area contributed by atoms with Gasteiger partial charge in [0.1, 0.15) is 5.75 Å². The zero-order valence-electron chi connectivity index (χ0n) is 14.5. The van der Waals surface area contributed by atoms with Gasteiger partial charge in [-0.2, -0.15) is 0 Å². The first-order valence-corrected chi connectivity index (χ1v) is 8.73. The van der Waals surface area contributed by atoms with E-state index in [1.54, 1.807) is 0 Å². The van der Waals surface area contributed by atoms with Crippen molar-refractivity contribution in [3.63, 3.8) is 0 Å². The molecule has 0 saturated heterocycles. The van der Waals surface area contributed by atoms with Crippen molar-refractivity contribution in [3.05, 3.63) is 47.2 Å². The number of fused-ring (bicyclic) bond motifs is 3. The van der Waals surface area contributed by atoms with Crippen molar-refractivity contribution >= 4 is 18.0 Å². The Balaban J connectivity index is 1.68. The molecule has 122 valence electrons. The summed E-state index contributed by atoms with van der Waals surface area (Å²) in [5.41, 5.74) is 5.16. The van der Waals surface area contributed by atoms with Crippen molar-refractivity contribution in [1.82, 2.24) is 0 Å². The van der Waals surface area contributed by atoms with Gasteiger partial charge in [0.25, 0.3) is 0 Å². The molecule has 5 rings (SSSR count). The largest absolute Gasteiger partial charge is 0.493 e. The highest BCUT2D eigenvalue weighted by Crippen LogP contribution is 2.83. The lowest BCUT2D eigenvalue weighted by atomic mass is 9.83. The number of allylic oxidation sites excluding steroid dienone is 3. The molecule has 0 unspecified atom stereocenters. The van der Waals surface area contributed by atoms with Gasteiger partial charge < -0.3 is 4.74 Å². The molecule has 0 N–H and O–H groups in total. The van der Waals surface area contributed by atoms with Gasteiger partial charge in [0.05, 0.1) is 13.2 Å². The average Bonchev–Trinajstić information content (AvgIpc) is 3.18. The van der Waals surface area contributed by atoms with E-state index in [1.165, 1.54) is 22.4 Å². The van der Waals surface area contributed by atoms with Crippen molar-refractivity contribution < 1.29 is 4.74 Å². The number of benzene rings is 1. The maximum atomic E-state index is 6.19. The summed E-state index contributed by atoms with van der Waals surface area (Å²) in [4.78, 5) is 9.03. The van der Waals surface area contributed by atoms with Crippen molar-refractivity contribution in [2.75, 3.05) is 13.2 Å². The molecule has 1 aromatic carbocycles. The van der Waals surface area contributed by atoms with Crippen LogP contribution in [-0.4, -0.2) is 25.6 Å². The molecular formula is C21H22N2O. The van der Waals surface area contributed by atoms with Crippen LogP contribution in [0.1, 0.15) is 38.3 Å². The summed E-state index contributed by atoms with van der Waals surface area (Å²) >= 11 is 0. The zero-order valence-corrected chi connectivity index (χ0v) is 14.5. The number of aliphatic imine (C=N–C) groups is 2. The predicted molar refractivity (Wildman–Crippen MR) is 98.0 cm³/mol. The minimum absolute atomic E-state index is 0.0228. The monoisotopic (exact) mass is 318 g/mol. The molecule has 1 aromatic rings. The molecule has 0 aromatic heterocycles. The van der Waals surface area contributed by atoms with Crippen molar-refractivity contribution in [2.24, 2.45) is 20.8 Å². The van der Waals surface area contributed by atoms with Gasteiger partial charge in [-0.25, -0.2) is 0 Å². The van der Waals surface area contributed by atoms with Crippen LogP contribution in [0, 0.1) is 10.8 Å². The predicted octanol–water partition coefficient (Wildman–Crippen LogP) is 4.19. The van der Waals surface area contributed by atoms with Gasteiger partial charge in [-0.3, -0.25) is 9.98 Å². The van der Waals surface area contributed by atoms with E-state index in [4.69, 9.17) is 9.73 Å². The third kappa shape index (κ3) is 1.36. The molecule has 0 amide bonds. The number of hydrogen-bond donors (Lipinski definition) is 0. The van der Waals surface area contributed by atoms with Crippen LogP contribution in [0.25, 0.3) is 5.57 Å². The Morgan fingerprint density at radius 2 is 1.96 bits per heavy atom. The Morgan fingerprint density at radius 3 is 2.67 bits per heavy atom. The summed E-state index contributed by atoms with van der Waals surface area (Å²) < 4.78 is 6.19. The zero-order chi connectivity index (χ0) is 16.6. The Bertz CT molecular complexity index is 878. The van der Waals surface area contributed by atoms with Gasteiger partial charge in [-0.1, -0.05) is 39.0 Å². The summed E-state index contributed by atoms with van der Waals surface area (Å²) in [7, 11) is 0. The van der Waals surface area contributed by atoms with Crippen molar-refractivity contribution in [3.8, 4) is 5.75 Å². The Kier molecular flexibility index (Phi) is 2.53. The number of hydrogen-bond acceptors (Lipinski definition) is 3.